The number of anilines is 1. The van der Waals surface area contributed by atoms with Gasteiger partial charge in [-0.15, -0.1) is 0 Å². The van der Waals surface area contributed by atoms with E-state index in [2.05, 4.69) is 5.32 Å². The third kappa shape index (κ3) is 4.90. The molecule has 22 heavy (non-hydrogen) atoms. The Balaban J connectivity index is 1.98. The number of carbonyl (C=O) groups is 2. The second-order valence-corrected chi connectivity index (χ2v) is 5.42. The summed E-state index contributed by atoms with van der Waals surface area (Å²) in [6.45, 7) is 0. The molecule has 0 aliphatic carbocycles. The average Bonchev–Trinajstić information content (AvgIpc) is 2.49. The Kier molecular flexibility index (Phi) is 5.55. The average molecular weight is 318 g/mol. The summed E-state index contributed by atoms with van der Waals surface area (Å²) in [7, 11) is 0. The van der Waals surface area contributed by atoms with Gasteiger partial charge in [-0.25, -0.2) is 0 Å². The zero-order valence-corrected chi connectivity index (χ0v) is 12.6. The van der Waals surface area contributed by atoms with E-state index in [1.165, 1.54) is 0 Å². The van der Waals surface area contributed by atoms with Crippen LogP contribution in [0.25, 0.3) is 0 Å². The first-order valence-corrected chi connectivity index (χ1v) is 7.24. The van der Waals surface area contributed by atoms with Crippen molar-refractivity contribution in [1.82, 2.24) is 0 Å². The van der Waals surface area contributed by atoms with Crippen molar-refractivity contribution in [3.8, 4) is 0 Å². The molecule has 0 saturated carbocycles. The van der Waals surface area contributed by atoms with Crippen LogP contribution in [-0.4, -0.2) is 17.0 Å². The number of amides is 1. The van der Waals surface area contributed by atoms with E-state index in [4.69, 9.17) is 11.6 Å². The Morgan fingerprint density at radius 1 is 1.05 bits per heavy atom. The maximum absolute atomic E-state index is 12.0. The zero-order valence-electron chi connectivity index (χ0n) is 11.8. The van der Waals surface area contributed by atoms with Gasteiger partial charge in [0.2, 0.25) is 5.91 Å². The third-order valence-corrected chi connectivity index (χ3v) is 3.49. The monoisotopic (exact) mass is 317 g/mol. The normalized spacial score (nSPS) is 11.7. The summed E-state index contributed by atoms with van der Waals surface area (Å²) in [6.07, 6.45) is 0.210. The van der Waals surface area contributed by atoms with Crippen molar-refractivity contribution in [2.45, 2.75) is 12.8 Å². The molecule has 0 radical (unpaired) electrons. The summed E-state index contributed by atoms with van der Waals surface area (Å²) in [5.41, 5.74) is 1.49. The van der Waals surface area contributed by atoms with Gasteiger partial charge in [0.1, 0.15) is 0 Å². The van der Waals surface area contributed by atoms with Crippen LogP contribution in [0, 0.1) is 5.92 Å². The molecule has 0 fully saturated rings. The van der Waals surface area contributed by atoms with Crippen LogP contribution >= 0.6 is 11.6 Å². The maximum atomic E-state index is 12.0. The number of nitrogens with one attached hydrogen (secondary N) is 1. The summed E-state index contributed by atoms with van der Waals surface area (Å²) in [6, 6.07) is 15.9. The van der Waals surface area contributed by atoms with E-state index in [0.29, 0.717) is 10.7 Å². The smallest absolute Gasteiger partial charge is 0.307 e. The predicted octanol–water partition coefficient (Wildman–Crippen LogP) is 3.61. The minimum Gasteiger partial charge on any atom is -0.481 e. The van der Waals surface area contributed by atoms with E-state index in [0.717, 1.165) is 5.56 Å². The Bertz CT molecular complexity index is 641. The van der Waals surface area contributed by atoms with Crippen molar-refractivity contribution in [2.75, 3.05) is 5.32 Å². The molecule has 2 aromatic carbocycles. The highest BCUT2D eigenvalue weighted by Gasteiger charge is 2.21. The summed E-state index contributed by atoms with van der Waals surface area (Å²) in [5, 5.41) is 12.6. The molecule has 1 atom stereocenters. The van der Waals surface area contributed by atoms with Gasteiger partial charge >= 0.3 is 5.97 Å². The Hall–Kier alpha value is -2.33. The summed E-state index contributed by atoms with van der Waals surface area (Å²) >= 11 is 5.80. The van der Waals surface area contributed by atoms with Crippen LogP contribution in [0.3, 0.4) is 0 Å². The quantitative estimate of drug-likeness (QED) is 0.855. The highest BCUT2D eigenvalue weighted by atomic mass is 35.5. The minimum atomic E-state index is -0.988. The minimum absolute atomic E-state index is 0.0765. The van der Waals surface area contributed by atoms with Gasteiger partial charge in [0, 0.05) is 17.1 Å². The number of aliphatic carboxylic acids is 1. The van der Waals surface area contributed by atoms with Gasteiger partial charge in [-0.2, -0.15) is 0 Å². The Morgan fingerprint density at radius 2 is 1.68 bits per heavy atom. The second-order valence-electron chi connectivity index (χ2n) is 4.98. The molecule has 0 spiro atoms. The van der Waals surface area contributed by atoms with E-state index in [1.54, 1.807) is 48.5 Å². The topological polar surface area (TPSA) is 66.4 Å². The van der Waals surface area contributed by atoms with Crippen LogP contribution in [-0.2, 0) is 16.0 Å². The Morgan fingerprint density at radius 3 is 2.27 bits per heavy atom. The number of rotatable bonds is 6. The van der Waals surface area contributed by atoms with Crippen molar-refractivity contribution < 1.29 is 14.7 Å². The molecule has 0 aliphatic rings. The lowest BCUT2D eigenvalue weighted by Gasteiger charge is -2.12. The van der Waals surface area contributed by atoms with Crippen molar-refractivity contribution >= 4 is 29.2 Å². The number of halogens is 1. The molecule has 1 amide bonds. The molecular formula is C17H16ClNO3. The van der Waals surface area contributed by atoms with Crippen molar-refractivity contribution in [3.05, 3.63) is 65.2 Å². The lowest BCUT2D eigenvalue weighted by atomic mass is 9.96. The van der Waals surface area contributed by atoms with Crippen molar-refractivity contribution in [1.29, 1.82) is 0 Å². The fraction of sp³-hybridized carbons (Fsp3) is 0.176. The molecule has 0 unspecified atom stereocenters. The predicted molar refractivity (Wildman–Crippen MR) is 86.0 cm³/mol. The largest absolute Gasteiger partial charge is 0.481 e. The van der Waals surface area contributed by atoms with E-state index < -0.39 is 11.9 Å². The van der Waals surface area contributed by atoms with Gasteiger partial charge in [0.15, 0.2) is 0 Å². The molecule has 0 saturated heterocycles. The number of hydrogen-bond donors (Lipinski definition) is 2. The fourth-order valence-corrected chi connectivity index (χ4v) is 2.24. The second kappa shape index (κ2) is 7.61. The van der Waals surface area contributed by atoms with Crippen LogP contribution in [0.15, 0.2) is 54.6 Å². The van der Waals surface area contributed by atoms with E-state index in [1.807, 2.05) is 6.07 Å². The molecule has 0 aliphatic heterocycles. The first kappa shape index (κ1) is 16.0. The summed E-state index contributed by atoms with van der Waals surface area (Å²) in [5.74, 6) is -2.07. The molecule has 0 bridgehead atoms. The molecule has 0 aromatic heterocycles. The summed E-state index contributed by atoms with van der Waals surface area (Å²) in [4.78, 5) is 23.3. The highest BCUT2D eigenvalue weighted by molar-refractivity contribution is 6.30. The highest BCUT2D eigenvalue weighted by Crippen LogP contribution is 2.17. The number of hydrogen-bond acceptors (Lipinski definition) is 2. The molecule has 0 heterocycles. The van der Waals surface area contributed by atoms with Crippen LogP contribution in [0.2, 0.25) is 5.02 Å². The van der Waals surface area contributed by atoms with Gasteiger partial charge in [0.25, 0.3) is 0 Å². The van der Waals surface area contributed by atoms with Crippen molar-refractivity contribution in [2.24, 2.45) is 5.92 Å². The van der Waals surface area contributed by atoms with Crippen LogP contribution in [0.5, 0.6) is 0 Å². The van der Waals surface area contributed by atoms with Gasteiger partial charge in [-0.1, -0.05) is 41.9 Å². The van der Waals surface area contributed by atoms with E-state index in [9.17, 15) is 14.7 Å². The fourth-order valence-electron chi connectivity index (χ4n) is 2.11. The third-order valence-electron chi connectivity index (χ3n) is 3.23. The van der Waals surface area contributed by atoms with Crippen LogP contribution < -0.4 is 5.32 Å². The number of carbonyl (C=O) groups excluding carboxylic acids is 1. The lowest BCUT2D eigenvalue weighted by molar-refractivity contribution is -0.143. The molecule has 4 nitrogen and oxygen atoms in total. The van der Waals surface area contributed by atoms with Crippen LogP contribution in [0.4, 0.5) is 5.69 Å². The van der Waals surface area contributed by atoms with Gasteiger partial charge < -0.3 is 10.4 Å². The lowest BCUT2D eigenvalue weighted by Crippen LogP contribution is -2.24. The molecule has 5 heteroatoms. The molecule has 2 aromatic rings. The van der Waals surface area contributed by atoms with Crippen molar-refractivity contribution in [3.63, 3.8) is 0 Å². The standard InChI is InChI=1S/C17H16ClNO3/c18-14-8-6-12(7-9-14)10-13(17(21)22)11-16(20)19-15-4-2-1-3-5-15/h1-9,13H,10-11H2,(H,19,20)(H,21,22)/t13-/m1/s1. The SMILES string of the molecule is O=C(C[C@@H](Cc1ccc(Cl)cc1)C(=O)O)Nc1ccccc1. The zero-order chi connectivity index (χ0) is 15.9. The van der Waals surface area contributed by atoms with Gasteiger partial charge in [0.05, 0.1) is 5.92 Å². The van der Waals surface area contributed by atoms with E-state index in [-0.39, 0.29) is 18.7 Å². The molecule has 114 valence electrons. The summed E-state index contributed by atoms with van der Waals surface area (Å²) < 4.78 is 0. The first-order chi connectivity index (χ1) is 10.5. The number of para-hydroxylation sites is 1. The molecule has 2 rings (SSSR count). The molecule has 2 N–H and O–H groups in total. The van der Waals surface area contributed by atoms with Gasteiger partial charge in [-0.3, -0.25) is 9.59 Å². The first-order valence-electron chi connectivity index (χ1n) is 6.87. The Labute approximate surface area is 133 Å². The van der Waals surface area contributed by atoms with E-state index >= 15 is 0 Å². The number of carboxylic acids is 1. The van der Waals surface area contributed by atoms with Gasteiger partial charge in [-0.05, 0) is 36.2 Å². The number of carboxylic acid groups (broad SMARTS) is 1. The number of benzene rings is 2. The maximum Gasteiger partial charge on any atom is 0.307 e. The van der Waals surface area contributed by atoms with Crippen LogP contribution in [0.1, 0.15) is 12.0 Å². The molecular weight excluding hydrogens is 302 g/mol.